The monoisotopic (exact) mass is 332 g/mol. The van der Waals surface area contributed by atoms with Crippen LogP contribution < -0.4 is 5.32 Å². The van der Waals surface area contributed by atoms with E-state index in [0.29, 0.717) is 6.10 Å². The summed E-state index contributed by atoms with van der Waals surface area (Å²) in [6, 6.07) is 8.19. The molecule has 2 heterocycles. The lowest BCUT2D eigenvalue weighted by Crippen LogP contribution is -2.40. The number of thiocarbonyl (C=S) groups is 1. The molecule has 1 aliphatic heterocycles. The molecule has 1 N–H and O–H groups in total. The summed E-state index contributed by atoms with van der Waals surface area (Å²) in [6.45, 7) is 4.53. The third-order valence-corrected chi connectivity index (χ3v) is 4.81. The number of hydrogen-bond donors (Lipinski definition) is 1. The first-order chi connectivity index (χ1) is 11.2. The van der Waals surface area contributed by atoms with E-state index in [0.717, 1.165) is 55.4 Å². The summed E-state index contributed by atoms with van der Waals surface area (Å²) in [7, 11) is 2.02. The highest BCUT2D eigenvalue weighted by Crippen LogP contribution is 2.27. The van der Waals surface area contributed by atoms with Gasteiger partial charge in [-0.1, -0.05) is 25.1 Å². The van der Waals surface area contributed by atoms with Crippen LogP contribution in [0.4, 0.5) is 0 Å². The van der Waals surface area contributed by atoms with Gasteiger partial charge in [0.25, 0.3) is 0 Å². The van der Waals surface area contributed by atoms with Crippen LogP contribution in [0.1, 0.15) is 31.1 Å². The van der Waals surface area contributed by atoms with Gasteiger partial charge in [0.05, 0.1) is 6.10 Å². The number of fused-ring (bicyclic) bond motifs is 1. The average Bonchev–Trinajstić information content (AvgIpc) is 3.20. The average molecular weight is 332 g/mol. The van der Waals surface area contributed by atoms with E-state index in [2.05, 4.69) is 29.3 Å². The Bertz CT molecular complexity index is 677. The maximum atomic E-state index is 5.96. The molecule has 1 atom stereocenters. The molecule has 4 nitrogen and oxygen atoms in total. The van der Waals surface area contributed by atoms with E-state index in [-0.39, 0.29) is 0 Å². The first-order valence-electron chi connectivity index (χ1n) is 8.29. The summed E-state index contributed by atoms with van der Waals surface area (Å²) in [6.07, 6.45) is 3.44. The van der Waals surface area contributed by atoms with E-state index < -0.39 is 0 Å². The van der Waals surface area contributed by atoms with Gasteiger partial charge in [0.1, 0.15) is 11.3 Å². The Labute approximate surface area is 142 Å². The summed E-state index contributed by atoms with van der Waals surface area (Å²) in [5, 5.41) is 5.26. The van der Waals surface area contributed by atoms with E-state index in [1.54, 1.807) is 0 Å². The molecule has 1 aromatic carbocycles. The quantitative estimate of drug-likeness (QED) is 0.849. The molecule has 5 heteroatoms. The van der Waals surface area contributed by atoms with Gasteiger partial charge in [-0.05, 0) is 31.1 Å². The van der Waals surface area contributed by atoms with E-state index in [9.17, 15) is 0 Å². The fourth-order valence-corrected chi connectivity index (χ4v) is 3.21. The molecule has 0 saturated carbocycles. The molecular formula is C18H24N2O2S. The fourth-order valence-electron chi connectivity index (χ4n) is 3.06. The Balaban J connectivity index is 1.66. The summed E-state index contributed by atoms with van der Waals surface area (Å²) in [5.74, 6) is 1.04. The molecule has 0 spiro atoms. The fraction of sp³-hybridized carbons (Fsp3) is 0.500. The van der Waals surface area contributed by atoms with E-state index >= 15 is 0 Å². The summed E-state index contributed by atoms with van der Waals surface area (Å²) in [5.41, 5.74) is 2.18. The number of rotatable bonds is 5. The summed E-state index contributed by atoms with van der Waals surface area (Å²) in [4.78, 5) is 2.07. The lowest BCUT2D eigenvalue weighted by molar-refractivity contribution is 0.113. The van der Waals surface area contributed by atoms with Gasteiger partial charge in [0.15, 0.2) is 5.11 Å². The van der Waals surface area contributed by atoms with E-state index in [1.165, 1.54) is 10.9 Å². The zero-order valence-electron chi connectivity index (χ0n) is 13.8. The van der Waals surface area contributed by atoms with Gasteiger partial charge in [-0.25, -0.2) is 0 Å². The van der Waals surface area contributed by atoms with Crippen LogP contribution in [0.5, 0.6) is 0 Å². The number of ether oxygens (including phenoxy) is 1. The smallest absolute Gasteiger partial charge is 0.169 e. The highest BCUT2D eigenvalue weighted by Gasteiger charge is 2.18. The van der Waals surface area contributed by atoms with Gasteiger partial charge < -0.3 is 19.4 Å². The van der Waals surface area contributed by atoms with Gasteiger partial charge in [0.2, 0.25) is 0 Å². The number of nitrogens with zero attached hydrogens (tertiary/aromatic N) is 1. The number of aryl methyl sites for hydroxylation is 1. The van der Waals surface area contributed by atoms with Gasteiger partial charge in [-0.2, -0.15) is 0 Å². The van der Waals surface area contributed by atoms with Crippen molar-refractivity contribution in [2.45, 2.75) is 38.8 Å². The van der Waals surface area contributed by atoms with Crippen LogP contribution in [0.15, 0.2) is 28.7 Å². The predicted octanol–water partition coefficient (Wildman–Crippen LogP) is 3.48. The lowest BCUT2D eigenvalue weighted by Gasteiger charge is -2.22. The van der Waals surface area contributed by atoms with Crippen molar-refractivity contribution >= 4 is 28.3 Å². The Morgan fingerprint density at radius 1 is 1.39 bits per heavy atom. The minimum Gasteiger partial charge on any atom is -0.461 e. The van der Waals surface area contributed by atoms with Crippen molar-refractivity contribution in [2.75, 3.05) is 20.2 Å². The third-order valence-electron chi connectivity index (χ3n) is 4.35. The van der Waals surface area contributed by atoms with Crippen molar-refractivity contribution in [1.29, 1.82) is 0 Å². The molecular weight excluding hydrogens is 308 g/mol. The second kappa shape index (κ2) is 7.32. The minimum atomic E-state index is 0.294. The van der Waals surface area contributed by atoms with Gasteiger partial charge in [0, 0.05) is 44.1 Å². The maximum absolute atomic E-state index is 5.96. The van der Waals surface area contributed by atoms with Crippen LogP contribution in [0.25, 0.3) is 11.0 Å². The maximum Gasteiger partial charge on any atom is 0.169 e. The van der Waals surface area contributed by atoms with Crippen molar-refractivity contribution in [3.8, 4) is 0 Å². The number of para-hydroxylation sites is 1. The second-order valence-corrected chi connectivity index (χ2v) is 6.42. The molecule has 0 aliphatic carbocycles. The van der Waals surface area contributed by atoms with Crippen molar-refractivity contribution in [1.82, 2.24) is 10.2 Å². The Morgan fingerprint density at radius 2 is 2.22 bits per heavy atom. The van der Waals surface area contributed by atoms with Crippen LogP contribution in [0.2, 0.25) is 0 Å². The molecule has 124 valence electrons. The number of hydrogen-bond acceptors (Lipinski definition) is 3. The highest BCUT2D eigenvalue weighted by atomic mass is 32.1. The van der Waals surface area contributed by atoms with Crippen LogP contribution in [-0.4, -0.2) is 36.3 Å². The Hall–Kier alpha value is -1.59. The largest absolute Gasteiger partial charge is 0.461 e. The van der Waals surface area contributed by atoms with Crippen molar-refractivity contribution in [2.24, 2.45) is 0 Å². The Morgan fingerprint density at radius 3 is 2.96 bits per heavy atom. The summed E-state index contributed by atoms with van der Waals surface area (Å²) >= 11 is 5.52. The van der Waals surface area contributed by atoms with Crippen LogP contribution >= 0.6 is 12.2 Å². The molecule has 1 aromatic heterocycles. The number of furan rings is 1. The topological polar surface area (TPSA) is 37.6 Å². The SMILES string of the molecule is CCc1oc2ccccc2c1CN(C)C(=S)NC[C@@H]1CCCO1. The van der Waals surface area contributed by atoms with Crippen molar-refractivity contribution in [3.05, 3.63) is 35.6 Å². The molecule has 1 fully saturated rings. The first kappa shape index (κ1) is 16.3. The molecule has 0 unspecified atom stereocenters. The molecule has 0 amide bonds. The van der Waals surface area contributed by atoms with Gasteiger partial charge >= 0.3 is 0 Å². The van der Waals surface area contributed by atoms with Crippen LogP contribution in [0.3, 0.4) is 0 Å². The number of nitrogens with one attached hydrogen (secondary N) is 1. The second-order valence-electron chi connectivity index (χ2n) is 6.03. The Kier molecular flexibility index (Phi) is 5.18. The molecule has 0 radical (unpaired) electrons. The molecule has 0 bridgehead atoms. The standard InChI is InChI=1S/C18H24N2O2S/c1-3-16-15(14-8-4-5-9-17(14)22-16)12-20(2)18(23)19-11-13-7-6-10-21-13/h4-5,8-9,13H,3,6-7,10-12H2,1-2H3,(H,19,23)/t13-/m0/s1. The van der Waals surface area contributed by atoms with E-state index in [1.807, 2.05) is 19.2 Å². The van der Waals surface area contributed by atoms with Crippen LogP contribution in [0, 0.1) is 0 Å². The molecule has 3 rings (SSSR count). The minimum absolute atomic E-state index is 0.294. The van der Waals surface area contributed by atoms with Crippen LogP contribution in [-0.2, 0) is 17.7 Å². The number of benzene rings is 1. The van der Waals surface area contributed by atoms with Gasteiger partial charge in [-0.3, -0.25) is 0 Å². The molecule has 2 aromatic rings. The zero-order valence-corrected chi connectivity index (χ0v) is 14.6. The predicted molar refractivity (Wildman–Crippen MR) is 96.6 cm³/mol. The molecule has 1 saturated heterocycles. The highest BCUT2D eigenvalue weighted by molar-refractivity contribution is 7.80. The zero-order chi connectivity index (χ0) is 16.2. The summed E-state index contributed by atoms with van der Waals surface area (Å²) < 4.78 is 11.6. The third kappa shape index (κ3) is 3.67. The lowest BCUT2D eigenvalue weighted by atomic mass is 10.1. The van der Waals surface area contributed by atoms with Crippen molar-refractivity contribution in [3.63, 3.8) is 0 Å². The first-order valence-corrected chi connectivity index (χ1v) is 8.69. The van der Waals surface area contributed by atoms with Crippen molar-refractivity contribution < 1.29 is 9.15 Å². The van der Waals surface area contributed by atoms with E-state index in [4.69, 9.17) is 21.4 Å². The van der Waals surface area contributed by atoms with Gasteiger partial charge in [-0.15, -0.1) is 0 Å². The normalized spacial score (nSPS) is 17.6. The molecule has 1 aliphatic rings. The molecule has 23 heavy (non-hydrogen) atoms.